The molecule has 0 N–H and O–H groups in total. The maximum Gasteiger partial charge on any atom is 0.416 e. The third kappa shape index (κ3) is 5.97. The van der Waals surface area contributed by atoms with Crippen molar-refractivity contribution in [3.8, 4) is 17.1 Å². The quantitative estimate of drug-likeness (QED) is 0.174. The van der Waals surface area contributed by atoms with Gasteiger partial charge in [0.1, 0.15) is 12.4 Å². The van der Waals surface area contributed by atoms with Crippen LogP contribution in [0.5, 0.6) is 5.75 Å². The third-order valence-corrected chi connectivity index (χ3v) is 6.95. The van der Waals surface area contributed by atoms with Gasteiger partial charge in [-0.15, -0.1) is 0 Å². The number of benzene rings is 4. The third-order valence-electron chi connectivity index (χ3n) is 5.77. The Morgan fingerprint density at radius 3 is 2.31 bits per heavy atom. The minimum Gasteiger partial charge on any atom is -0.487 e. The molecule has 196 valence electrons. The summed E-state index contributed by atoms with van der Waals surface area (Å²) in [6.07, 6.45) is -3.12. The molecule has 0 aliphatic heterocycles. The molecule has 0 aliphatic carbocycles. The number of ether oxygens (including phenoxy) is 1. The monoisotopic (exact) mass is 655 g/mol. The van der Waals surface area contributed by atoms with E-state index in [1.807, 2.05) is 30.3 Å². The predicted octanol–water partition coefficient (Wildman–Crippen LogP) is 8.07. The molecule has 0 saturated carbocycles. The smallest absolute Gasteiger partial charge is 0.416 e. The maximum absolute atomic E-state index is 13.4. The summed E-state index contributed by atoms with van der Waals surface area (Å²) in [6, 6.07) is 24.5. The van der Waals surface area contributed by atoms with E-state index in [-0.39, 0.29) is 16.8 Å². The lowest BCUT2D eigenvalue weighted by Crippen LogP contribution is -2.20. The number of fused-ring (bicyclic) bond motifs is 1. The van der Waals surface area contributed by atoms with Gasteiger partial charge in [0.05, 0.1) is 31.6 Å². The molecule has 0 unspecified atom stereocenters. The van der Waals surface area contributed by atoms with Crippen molar-refractivity contribution < 1.29 is 17.9 Å². The Balaban J connectivity index is 1.54. The van der Waals surface area contributed by atoms with E-state index in [0.29, 0.717) is 32.4 Å². The van der Waals surface area contributed by atoms with Crippen molar-refractivity contribution in [3.05, 3.63) is 127 Å². The topological polar surface area (TPSA) is 56.5 Å². The van der Waals surface area contributed by atoms with E-state index in [1.165, 1.54) is 18.3 Å². The van der Waals surface area contributed by atoms with E-state index in [9.17, 15) is 18.0 Å². The molecule has 5 nitrogen and oxygen atoms in total. The molecular weight excluding hydrogens is 639 g/mol. The molecule has 0 atom stereocenters. The number of hydrogen-bond acceptors (Lipinski definition) is 4. The summed E-state index contributed by atoms with van der Waals surface area (Å²) in [5.41, 5.74) is 0.716. The Kier molecular flexibility index (Phi) is 7.67. The molecule has 1 aromatic heterocycles. The molecule has 5 rings (SSSR count). The van der Waals surface area contributed by atoms with Crippen molar-refractivity contribution in [2.24, 2.45) is 5.10 Å². The van der Waals surface area contributed by atoms with E-state index >= 15 is 0 Å². The first-order valence-corrected chi connectivity index (χ1v) is 13.2. The van der Waals surface area contributed by atoms with Gasteiger partial charge in [-0.3, -0.25) is 4.79 Å². The molecule has 0 radical (unpaired) electrons. The molecule has 1 heterocycles. The second-order valence-electron chi connectivity index (χ2n) is 8.48. The largest absolute Gasteiger partial charge is 0.487 e. The molecule has 0 bridgehead atoms. The first kappa shape index (κ1) is 26.8. The minimum absolute atomic E-state index is 0.0120. The van der Waals surface area contributed by atoms with Gasteiger partial charge in [-0.2, -0.15) is 22.9 Å². The van der Waals surface area contributed by atoms with Crippen LogP contribution in [0, 0.1) is 0 Å². The number of para-hydroxylation sites is 1. The van der Waals surface area contributed by atoms with Crippen LogP contribution in [0.15, 0.2) is 110 Å². The van der Waals surface area contributed by atoms with Crippen LogP contribution in [-0.2, 0) is 12.8 Å². The molecule has 39 heavy (non-hydrogen) atoms. The summed E-state index contributed by atoms with van der Waals surface area (Å²) in [5, 5.41) is 4.64. The van der Waals surface area contributed by atoms with Crippen LogP contribution < -0.4 is 10.3 Å². The zero-order valence-corrected chi connectivity index (χ0v) is 23.2. The maximum atomic E-state index is 13.4. The van der Waals surface area contributed by atoms with Crippen LogP contribution in [0.3, 0.4) is 0 Å². The van der Waals surface area contributed by atoms with Crippen molar-refractivity contribution in [2.75, 3.05) is 0 Å². The molecule has 10 heteroatoms. The van der Waals surface area contributed by atoms with Gasteiger partial charge >= 0.3 is 6.18 Å². The number of aromatic nitrogens is 2. The zero-order chi connectivity index (χ0) is 27.6. The average Bonchev–Trinajstić information content (AvgIpc) is 2.92. The first-order valence-electron chi connectivity index (χ1n) is 11.6. The zero-order valence-electron chi connectivity index (χ0n) is 20.0. The van der Waals surface area contributed by atoms with Crippen molar-refractivity contribution >= 4 is 49.0 Å². The van der Waals surface area contributed by atoms with Crippen molar-refractivity contribution in [1.29, 1.82) is 0 Å². The van der Waals surface area contributed by atoms with Gasteiger partial charge < -0.3 is 4.74 Å². The van der Waals surface area contributed by atoms with Gasteiger partial charge in [0, 0.05) is 5.56 Å². The van der Waals surface area contributed by atoms with Crippen molar-refractivity contribution in [3.63, 3.8) is 0 Å². The molecule has 0 aliphatic rings. The van der Waals surface area contributed by atoms with Gasteiger partial charge in [-0.25, -0.2) is 4.98 Å². The van der Waals surface area contributed by atoms with Crippen LogP contribution in [0.4, 0.5) is 13.2 Å². The molecule has 5 aromatic rings. The van der Waals surface area contributed by atoms with Crippen molar-refractivity contribution in [1.82, 2.24) is 9.66 Å². The molecule has 0 saturated heterocycles. The van der Waals surface area contributed by atoms with E-state index in [2.05, 4.69) is 41.9 Å². The number of alkyl halides is 3. The lowest BCUT2D eigenvalue weighted by molar-refractivity contribution is -0.137. The van der Waals surface area contributed by atoms with E-state index in [1.54, 1.807) is 36.4 Å². The SMILES string of the molecule is O=c1c2ccccc2nc(-c2cccc(C(F)(F)F)c2)n1N=Cc1cc(Br)c(OCc2ccccc2)c(Br)c1. The Labute approximate surface area is 237 Å². The fourth-order valence-corrected chi connectivity index (χ4v) is 5.35. The number of halogens is 5. The molecule has 0 spiro atoms. The van der Waals surface area contributed by atoms with Gasteiger partial charge in [0.2, 0.25) is 0 Å². The van der Waals surface area contributed by atoms with Crippen LogP contribution in [0.2, 0.25) is 0 Å². The van der Waals surface area contributed by atoms with Crippen LogP contribution >= 0.6 is 31.9 Å². The number of hydrogen-bond donors (Lipinski definition) is 0. The van der Waals surface area contributed by atoms with E-state index in [4.69, 9.17) is 4.74 Å². The fraction of sp³-hybridized carbons (Fsp3) is 0.0690. The summed E-state index contributed by atoms with van der Waals surface area (Å²) in [7, 11) is 0. The molecule has 4 aromatic carbocycles. The summed E-state index contributed by atoms with van der Waals surface area (Å²) in [5.74, 6) is 0.576. The summed E-state index contributed by atoms with van der Waals surface area (Å²) < 4.78 is 48.5. The van der Waals surface area contributed by atoms with Gasteiger partial charge in [0.25, 0.3) is 5.56 Å². The highest BCUT2D eigenvalue weighted by Gasteiger charge is 2.31. The summed E-state index contributed by atoms with van der Waals surface area (Å²) >= 11 is 7.04. The summed E-state index contributed by atoms with van der Waals surface area (Å²) in [4.78, 5) is 17.9. The average molecular weight is 657 g/mol. The van der Waals surface area contributed by atoms with Gasteiger partial charge in [0.15, 0.2) is 5.82 Å². The highest BCUT2D eigenvalue weighted by Crippen LogP contribution is 2.35. The Bertz CT molecular complexity index is 1730. The number of rotatable bonds is 6. The molecular formula is C29H18Br2F3N3O2. The van der Waals surface area contributed by atoms with Gasteiger partial charge in [-0.1, -0.05) is 54.6 Å². The normalized spacial score (nSPS) is 11.8. The predicted molar refractivity (Wildman–Crippen MR) is 152 cm³/mol. The van der Waals surface area contributed by atoms with Crippen LogP contribution in [0.25, 0.3) is 22.3 Å². The van der Waals surface area contributed by atoms with Crippen molar-refractivity contribution in [2.45, 2.75) is 12.8 Å². The van der Waals surface area contributed by atoms with Crippen LogP contribution in [0.1, 0.15) is 16.7 Å². The van der Waals surface area contributed by atoms with E-state index < -0.39 is 17.3 Å². The highest BCUT2D eigenvalue weighted by atomic mass is 79.9. The lowest BCUT2D eigenvalue weighted by atomic mass is 10.1. The Morgan fingerprint density at radius 1 is 0.897 bits per heavy atom. The first-order chi connectivity index (χ1) is 18.7. The highest BCUT2D eigenvalue weighted by molar-refractivity contribution is 9.11. The Hall–Kier alpha value is -3.76. The Morgan fingerprint density at radius 2 is 1.59 bits per heavy atom. The summed E-state index contributed by atoms with van der Waals surface area (Å²) in [6.45, 7) is 0.365. The lowest BCUT2D eigenvalue weighted by Gasteiger charge is -2.13. The number of nitrogens with zero attached hydrogens (tertiary/aromatic N) is 3. The van der Waals surface area contributed by atoms with Crippen LogP contribution in [-0.4, -0.2) is 15.9 Å². The fourth-order valence-electron chi connectivity index (χ4n) is 3.90. The van der Waals surface area contributed by atoms with Gasteiger partial charge in [-0.05, 0) is 79.4 Å². The standard InChI is InChI=1S/C29H18Br2F3N3O2/c30-23-13-19(14-24(31)26(23)39-17-18-7-2-1-3-8-18)16-35-37-27(20-9-6-10-21(15-20)29(32,33)34)36-25-12-5-4-11-22(25)28(37)38/h1-16H,17H2. The second kappa shape index (κ2) is 11.2. The second-order valence-corrected chi connectivity index (χ2v) is 10.2. The molecule has 0 amide bonds. The minimum atomic E-state index is -4.55. The molecule has 0 fully saturated rings. The van der Waals surface area contributed by atoms with E-state index in [0.717, 1.165) is 22.4 Å².